The van der Waals surface area contributed by atoms with Crippen molar-refractivity contribution in [2.24, 2.45) is 5.41 Å². The van der Waals surface area contributed by atoms with Crippen LogP contribution in [0.1, 0.15) is 0 Å². The average Bonchev–Trinajstić information content (AvgIpc) is 1.97. The second-order valence-electron chi connectivity index (χ2n) is 4.96. The van der Waals surface area contributed by atoms with Crippen molar-refractivity contribution in [1.29, 1.82) is 0 Å². The zero-order chi connectivity index (χ0) is 10.9. The van der Waals surface area contributed by atoms with Gasteiger partial charge in [0.25, 0.3) is 0 Å². The molecule has 0 bridgehead atoms. The van der Waals surface area contributed by atoms with Gasteiger partial charge >= 0.3 is 0 Å². The molecule has 1 N–H and O–H groups in total. The van der Waals surface area contributed by atoms with E-state index in [1.54, 1.807) is 6.08 Å². The molecule has 0 aromatic carbocycles. The van der Waals surface area contributed by atoms with Crippen LogP contribution in [0, 0.1) is 5.41 Å². The topological polar surface area (TPSA) is 35.6 Å². The summed E-state index contributed by atoms with van der Waals surface area (Å²) < 4.78 is 0. The molecule has 1 spiro atoms. The van der Waals surface area contributed by atoms with Gasteiger partial charge in [0.05, 0.1) is 0 Å². The minimum atomic E-state index is 0.161. The molecule has 84 valence electrons. The van der Waals surface area contributed by atoms with E-state index in [0.29, 0.717) is 5.41 Å². The predicted octanol–water partition coefficient (Wildman–Crippen LogP) is -0.464. The summed E-state index contributed by atoms with van der Waals surface area (Å²) in [5.41, 5.74) is 0.436. The SMILES string of the molecule is CN(C)C/C=C/C(=O)N1CC2(CNC2)C1. The third-order valence-electron chi connectivity index (χ3n) is 3.10. The smallest absolute Gasteiger partial charge is 0.246 e. The Morgan fingerprint density at radius 2 is 2.13 bits per heavy atom. The normalized spacial score (nSPS) is 23.3. The van der Waals surface area contributed by atoms with Crippen molar-refractivity contribution < 1.29 is 4.79 Å². The Morgan fingerprint density at radius 1 is 1.47 bits per heavy atom. The van der Waals surface area contributed by atoms with Crippen LogP contribution in [-0.2, 0) is 4.79 Å². The first kappa shape index (κ1) is 10.6. The van der Waals surface area contributed by atoms with Gasteiger partial charge in [-0.05, 0) is 14.1 Å². The molecule has 2 aliphatic rings. The summed E-state index contributed by atoms with van der Waals surface area (Å²) in [6.07, 6.45) is 3.62. The fourth-order valence-electron chi connectivity index (χ4n) is 2.09. The number of amides is 1. The van der Waals surface area contributed by atoms with Gasteiger partial charge < -0.3 is 15.1 Å². The first-order valence-corrected chi connectivity index (χ1v) is 5.42. The van der Waals surface area contributed by atoms with Gasteiger partial charge in [-0.15, -0.1) is 0 Å². The predicted molar refractivity (Wildman–Crippen MR) is 59.6 cm³/mol. The fraction of sp³-hybridized carbons (Fsp3) is 0.727. The maximum absolute atomic E-state index is 11.6. The molecule has 2 rings (SSSR count). The highest BCUT2D eigenvalue weighted by Crippen LogP contribution is 2.33. The summed E-state index contributed by atoms with van der Waals surface area (Å²) in [4.78, 5) is 15.6. The highest BCUT2D eigenvalue weighted by atomic mass is 16.2. The molecule has 4 heteroatoms. The van der Waals surface area contributed by atoms with Gasteiger partial charge in [-0.2, -0.15) is 0 Å². The second-order valence-corrected chi connectivity index (χ2v) is 4.96. The van der Waals surface area contributed by atoms with Crippen LogP contribution in [0.4, 0.5) is 0 Å². The Kier molecular flexibility index (Phi) is 2.80. The van der Waals surface area contributed by atoms with Gasteiger partial charge in [0.2, 0.25) is 5.91 Å². The lowest BCUT2D eigenvalue weighted by Crippen LogP contribution is -2.71. The fourth-order valence-corrected chi connectivity index (χ4v) is 2.09. The van der Waals surface area contributed by atoms with E-state index in [2.05, 4.69) is 5.32 Å². The molecule has 2 saturated heterocycles. The second kappa shape index (κ2) is 3.94. The molecule has 1 amide bonds. The Balaban J connectivity index is 1.71. The zero-order valence-electron chi connectivity index (χ0n) is 9.49. The van der Waals surface area contributed by atoms with E-state index in [-0.39, 0.29) is 5.91 Å². The lowest BCUT2D eigenvalue weighted by molar-refractivity contribution is -0.141. The highest BCUT2D eigenvalue weighted by molar-refractivity contribution is 5.88. The molecule has 2 heterocycles. The van der Waals surface area contributed by atoms with Crippen molar-refractivity contribution in [3.63, 3.8) is 0 Å². The van der Waals surface area contributed by atoms with Crippen molar-refractivity contribution >= 4 is 5.91 Å². The first-order chi connectivity index (χ1) is 7.11. The van der Waals surface area contributed by atoms with Crippen LogP contribution in [0.25, 0.3) is 0 Å². The van der Waals surface area contributed by atoms with E-state index in [1.165, 1.54) is 0 Å². The molecule has 0 aromatic rings. The third-order valence-corrected chi connectivity index (χ3v) is 3.10. The summed E-state index contributed by atoms with van der Waals surface area (Å²) >= 11 is 0. The molecule has 15 heavy (non-hydrogen) atoms. The monoisotopic (exact) mass is 209 g/mol. The summed E-state index contributed by atoms with van der Waals surface area (Å²) in [6.45, 7) is 4.86. The number of nitrogens with one attached hydrogen (secondary N) is 1. The number of hydrogen-bond acceptors (Lipinski definition) is 3. The van der Waals surface area contributed by atoms with E-state index in [0.717, 1.165) is 32.7 Å². The van der Waals surface area contributed by atoms with Crippen LogP contribution in [0.15, 0.2) is 12.2 Å². The van der Waals surface area contributed by atoms with Crippen LogP contribution >= 0.6 is 0 Å². The number of likely N-dealkylation sites (tertiary alicyclic amines) is 1. The van der Waals surface area contributed by atoms with Crippen molar-refractivity contribution in [3.05, 3.63) is 12.2 Å². The maximum atomic E-state index is 11.6. The van der Waals surface area contributed by atoms with Crippen molar-refractivity contribution in [3.8, 4) is 0 Å². The number of carbonyl (C=O) groups is 1. The minimum absolute atomic E-state index is 0.161. The van der Waals surface area contributed by atoms with Crippen molar-refractivity contribution in [2.75, 3.05) is 46.8 Å². The molecule has 2 fully saturated rings. The number of carbonyl (C=O) groups excluding carboxylic acids is 1. The van der Waals surface area contributed by atoms with Gasteiger partial charge in [0.1, 0.15) is 0 Å². The molecular weight excluding hydrogens is 190 g/mol. The van der Waals surface area contributed by atoms with Gasteiger partial charge in [-0.25, -0.2) is 0 Å². The lowest BCUT2D eigenvalue weighted by Gasteiger charge is -2.55. The molecule has 2 aliphatic heterocycles. The van der Waals surface area contributed by atoms with E-state index < -0.39 is 0 Å². The van der Waals surface area contributed by atoms with E-state index >= 15 is 0 Å². The number of likely N-dealkylation sites (N-methyl/N-ethyl adjacent to an activating group) is 1. The molecule has 4 nitrogen and oxygen atoms in total. The molecule has 0 atom stereocenters. The van der Waals surface area contributed by atoms with Crippen molar-refractivity contribution in [2.45, 2.75) is 0 Å². The molecule has 0 aliphatic carbocycles. The minimum Gasteiger partial charge on any atom is -0.338 e. The summed E-state index contributed by atoms with van der Waals surface area (Å²) in [5, 5.41) is 3.26. The largest absolute Gasteiger partial charge is 0.338 e. The van der Waals surface area contributed by atoms with Crippen molar-refractivity contribution in [1.82, 2.24) is 15.1 Å². The lowest BCUT2D eigenvalue weighted by atomic mass is 9.74. The van der Waals surface area contributed by atoms with E-state index in [4.69, 9.17) is 0 Å². The summed E-state index contributed by atoms with van der Waals surface area (Å²) in [5.74, 6) is 0.161. The molecule has 0 radical (unpaired) electrons. The van der Waals surface area contributed by atoms with Gasteiger partial charge in [0, 0.05) is 44.2 Å². The van der Waals surface area contributed by atoms with Gasteiger partial charge in [0.15, 0.2) is 0 Å². The molecule has 0 saturated carbocycles. The molecule has 0 unspecified atom stereocenters. The Morgan fingerprint density at radius 3 is 2.60 bits per heavy atom. The maximum Gasteiger partial charge on any atom is 0.246 e. The summed E-state index contributed by atoms with van der Waals surface area (Å²) in [7, 11) is 3.99. The Labute approximate surface area is 90.9 Å². The number of hydrogen-bond donors (Lipinski definition) is 1. The van der Waals surface area contributed by atoms with Crippen LogP contribution in [0.2, 0.25) is 0 Å². The highest BCUT2D eigenvalue weighted by Gasteiger charge is 2.48. The van der Waals surface area contributed by atoms with E-state index in [9.17, 15) is 4.79 Å². The van der Waals surface area contributed by atoms with E-state index in [1.807, 2.05) is 30.0 Å². The van der Waals surface area contributed by atoms with Crippen LogP contribution in [-0.4, -0.2) is 62.5 Å². The third kappa shape index (κ3) is 2.21. The first-order valence-electron chi connectivity index (χ1n) is 5.42. The average molecular weight is 209 g/mol. The quantitative estimate of drug-likeness (QED) is 0.639. The molecule has 0 aromatic heterocycles. The molecular formula is C11H19N3O. The standard InChI is InChI=1S/C11H19N3O/c1-13(2)5-3-4-10(15)14-8-11(9-14)6-12-7-11/h3-4,12H,5-9H2,1-2H3/b4-3+. The number of nitrogens with zero attached hydrogens (tertiary/aromatic N) is 2. The van der Waals surface area contributed by atoms with Gasteiger partial charge in [-0.1, -0.05) is 6.08 Å². The van der Waals surface area contributed by atoms with Crippen LogP contribution < -0.4 is 5.32 Å². The zero-order valence-corrected chi connectivity index (χ0v) is 9.49. The van der Waals surface area contributed by atoms with Gasteiger partial charge in [-0.3, -0.25) is 4.79 Å². The van der Waals surface area contributed by atoms with Crippen LogP contribution in [0.3, 0.4) is 0 Å². The number of rotatable bonds is 3. The summed E-state index contributed by atoms with van der Waals surface area (Å²) in [6, 6.07) is 0. The van der Waals surface area contributed by atoms with Crippen LogP contribution in [0.5, 0.6) is 0 Å². The Bertz CT molecular complexity index is 274. The Hall–Kier alpha value is -0.870.